The van der Waals surface area contributed by atoms with E-state index < -0.39 is 28.7 Å². The fraction of sp³-hybridized carbons (Fsp3) is 0.923. The lowest BCUT2D eigenvalue weighted by Crippen LogP contribution is -2.43. The fourth-order valence-corrected chi connectivity index (χ4v) is 2.71. The van der Waals surface area contributed by atoms with Gasteiger partial charge in [0.2, 0.25) is 11.1 Å². The summed E-state index contributed by atoms with van der Waals surface area (Å²) in [7, 11) is 0. The van der Waals surface area contributed by atoms with Crippen LogP contribution >= 0.6 is 0 Å². The molecule has 0 amide bonds. The Balaban J connectivity index is 2.24. The van der Waals surface area contributed by atoms with Gasteiger partial charge >= 0.3 is 17.1 Å². The van der Waals surface area contributed by atoms with Crippen molar-refractivity contribution in [2.24, 2.45) is 5.92 Å². The van der Waals surface area contributed by atoms with E-state index in [2.05, 4.69) is 0 Å². The summed E-state index contributed by atoms with van der Waals surface area (Å²) in [6, 6.07) is 0. The molecule has 22 heavy (non-hydrogen) atoms. The van der Waals surface area contributed by atoms with Crippen LogP contribution in [-0.2, 0) is 20.6 Å². The van der Waals surface area contributed by atoms with Crippen LogP contribution in [0.3, 0.4) is 0 Å². The van der Waals surface area contributed by atoms with Crippen LogP contribution in [0.5, 0.6) is 0 Å². The smallest absolute Gasteiger partial charge is 0.406 e. The predicted molar refractivity (Wildman–Crippen MR) is 72.1 cm³/mol. The Labute approximate surface area is 128 Å². The maximum Gasteiger partial charge on any atom is 0.406 e. The van der Waals surface area contributed by atoms with Gasteiger partial charge in [0.1, 0.15) is 0 Å². The molecule has 1 unspecified atom stereocenters. The number of halogens is 4. The highest BCUT2D eigenvalue weighted by Crippen LogP contribution is 2.40. The van der Waals surface area contributed by atoms with Gasteiger partial charge in [-0.05, 0) is 25.7 Å². The maximum absolute atomic E-state index is 13.1. The van der Waals surface area contributed by atoms with Gasteiger partial charge < -0.3 is 9.29 Å². The SMILES string of the molecule is O=C(OCCCCC(F)(F)C(F)(F)S(=O)O)C1CCCCC1. The van der Waals surface area contributed by atoms with Crippen molar-refractivity contribution < 1.29 is 35.9 Å². The molecule has 1 atom stereocenters. The third-order valence-corrected chi connectivity index (χ3v) is 4.45. The van der Waals surface area contributed by atoms with E-state index in [0.29, 0.717) is 0 Å². The second kappa shape index (κ2) is 8.24. The number of carbonyl (C=O) groups excluding carboxylic acids is 1. The Morgan fingerprint density at radius 2 is 1.73 bits per heavy atom. The molecule has 0 heterocycles. The Morgan fingerprint density at radius 1 is 1.14 bits per heavy atom. The molecular weight excluding hydrogens is 328 g/mol. The molecule has 0 spiro atoms. The van der Waals surface area contributed by atoms with E-state index in [1.54, 1.807) is 0 Å². The largest absolute Gasteiger partial charge is 0.465 e. The molecule has 0 saturated heterocycles. The molecule has 0 bridgehead atoms. The normalized spacial score (nSPS) is 19.0. The molecule has 0 aromatic rings. The fourth-order valence-electron chi connectivity index (χ4n) is 2.35. The number of esters is 1. The first-order chi connectivity index (χ1) is 10.2. The number of ether oxygens (including phenoxy) is 1. The van der Waals surface area contributed by atoms with Crippen molar-refractivity contribution in [3.05, 3.63) is 0 Å². The van der Waals surface area contributed by atoms with Crippen molar-refractivity contribution in [2.75, 3.05) is 6.61 Å². The molecule has 1 saturated carbocycles. The van der Waals surface area contributed by atoms with Crippen molar-refractivity contribution in [1.29, 1.82) is 0 Å². The van der Waals surface area contributed by atoms with E-state index in [1.807, 2.05) is 0 Å². The zero-order chi connectivity index (χ0) is 16.8. The molecule has 4 nitrogen and oxygen atoms in total. The van der Waals surface area contributed by atoms with Gasteiger partial charge in [-0.1, -0.05) is 19.3 Å². The highest BCUT2D eigenvalue weighted by atomic mass is 32.2. The van der Waals surface area contributed by atoms with Crippen molar-refractivity contribution in [1.82, 2.24) is 0 Å². The van der Waals surface area contributed by atoms with Gasteiger partial charge in [-0.2, -0.15) is 17.6 Å². The van der Waals surface area contributed by atoms with Crippen molar-refractivity contribution in [3.63, 3.8) is 0 Å². The van der Waals surface area contributed by atoms with E-state index in [-0.39, 0.29) is 31.3 Å². The Morgan fingerprint density at radius 3 is 2.27 bits per heavy atom. The molecule has 1 fully saturated rings. The van der Waals surface area contributed by atoms with Gasteiger partial charge in [0.15, 0.2) is 0 Å². The molecule has 9 heteroatoms. The lowest BCUT2D eigenvalue weighted by Gasteiger charge is -2.23. The number of hydrogen-bond acceptors (Lipinski definition) is 3. The van der Waals surface area contributed by atoms with E-state index in [1.165, 1.54) is 0 Å². The summed E-state index contributed by atoms with van der Waals surface area (Å²) in [4.78, 5) is 11.6. The third-order valence-electron chi connectivity index (χ3n) is 3.71. The zero-order valence-corrected chi connectivity index (χ0v) is 12.8. The average Bonchev–Trinajstić information content (AvgIpc) is 2.47. The van der Waals surface area contributed by atoms with E-state index in [4.69, 9.17) is 9.29 Å². The number of rotatable bonds is 8. The van der Waals surface area contributed by atoms with Crippen molar-refractivity contribution in [3.8, 4) is 0 Å². The number of hydrogen-bond donors (Lipinski definition) is 1. The van der Waals surface area contributed by atoms with Crippen LogP contribution in [-0.4, -0.2) is 32.5 Å². The minimum absolute atomic E-state index is 0.00218. The highest BCUT2D eigenvalue weighted by molar-refractivity contribution is 7.80. The maximum atomic E-state index is 13.1. The van der Waals surface area contributed by atoms with E-state index in [9.17, 15) is 26.6 Å². The molecule has 130 valence electrons. The lowest BCUT2D eigenvalue weighted by molar-refractivity contribution is -0.162. The summed E-state index contributed by atoms with van der Waals surface area (Å²) in [5.74, 6) is -5.09. The summed E-state index contributed by atoms with van der Waals surface area (Å²) in [5, 5.41) is -4.98. The van der Waals surface area contributed by atoms with Gasteiger partial charge in [0, 0.05) is 6.42 Å². The van der Waals surface area contributed by atoms with Crippen molar-refractivity contribution >= 4 is 17.0 Å². The Hall–Kier alpha value is -0.700. The zero-order valence-electron chi connectivity index (χ0n) is 12.0. The first-order valence-corrected chi connectivity index (χ1v) is 8.32. The van der Waals surface area contributed by atoms with Crippen LogP contribution < -0.4 is 0 Å². The Kier molecular flexibility index (Phi) is 7.24. The van der Waals surface area contributed by atoms with Gasteiger partial charge in [0.05, 0.1) is 12.5 Å². The number of alkyl halides is 4. The van der Waals surface area contributed by atoms with Crippen LogP contribution in [0.1, 0.15) is 51.4 Å². The average molecular weight is 348 g/mol. The molecule has 0 radical (unpaired) electrons. The van der Waals surface area contributed by atoms with Gasteiger partial charge in [0.25, 0.3) is 0 Å². The molecule has 1 aliphatic rings. The molecule has 1 aliphatic carbocycles. The predicted octanol–water partition coefficient (Wildman–Crippen LogP) is 3.73. The summed E-state index contributed by atoms with van der Waals surface area (Å²) in [6.45, 7) is -0.112. The third kappa shape index (κ3) is 5.19. The minimum atomic E-state index is -4.98. The molecule has 0 aromatic carbocycles. The minimum Gasteiger partial charge on any atom is -0.465 e. The molecule has 1 rings (SSSR count). The van der Waals surface area contributed by atoms with E-state index >= 15 is 0 Å². The van der Waals surface area contributed by atoms with Crippen LogP contribution in [0.4, 0.5) is 17.6 Å². The van der Waals surface area contributed by atoms with Gasteiger partial charge in [-0.3, -0.25) is 4.79 Å². The van der Waals surface area contributed by atoms with Crippen LogP contribution in [0.25, 0.3) is 0 Å². The number of unbranched alkanes of at least 4 members (excludes halogenated alkanes) is 1. The molecular formula is C13H20F4O4S. The molecule has 0 aromatic heterocycles. The lowest BCUT2D eigenvalue weighted by atomic mass is 9.89. The molecule has 0 aliphatic heterocycles. The van der Waals surface area contributed by atoms with Crippen LogP contribution in [0.15, 0.2) is 0 Å². The summed E-state index contributed by atoms with van der Waals surface area (Å²) >= 11 is -3.93. The summed E-state index contributed by atoms with van der Waals surface area (Å²) in [6.07, 6.45) is 2.93. The Bertz CT molecular complexity index is 398. The first-order valence-electron chi connectivity index (χ1n) is 7.21. The second-order valence-corrected chi connectivity index (χ2v) is 6.44. The van der Waals surface area contributed by atoms with E-state index in [0.717, 1.165) is 32.1 Å². The topological polar surface area (TPSA) is 63.6 Å². The van der Waals surface area contributed by atoms with Crippen LogP contribution in [0, 0.1) is 5.92 Å². The number of carbonyl (C=O) groups is 1. The first kappa shape index (κ1) is 19.3. The molecule has 1 N–H and O–H groups in total. The quantitative estimate of drug-likeness (QED) is 0.314. The van der Waals surface area contributed by atoms with Crippen molar-refractivity contribution in [2.45, 2.75) is 62.5 Å². The second-order valence-electron chi connectivity index (χ2n) is 5.43. The van der Waals surface area contributed by atoms with Crippen LogP contribution in [0.2, 0.25) is 0 Å². The highest BCUT2D eigenvalue weighted by Gasteiger charge is 2.60. The monoisotopic (exact) mass is 348 g/mol. The van der Waals surface area contributed by atoms with Gasteiger partial charge in [-0.15, -0.1) is 0 Å². The summed E-state index contributed by atoms with van der Waals surface area (Å²) < 4.78 is 75.3. The van der Waals surface area contributed by atoms with Gasteiger partial charge in [-0.25, -0.2) is 4.21 Å². The summed E-state index contributed by atoms with van der Waals surface area (Å²) in [5.41, 5.74) is 0. The standard InChI is InChI=1S/C13H20F4O4S/c14-12(15,13(16,17)22(19)20)8-4-5-9-21-11(18)10-6-2-1-3-7-10/h10H,1-9H2,(H,19,20).